The lowest BCUT2D eigenvalue weighted by molar-refractivity contribution is 0.553. The van der Waals surface area contributed by atoms with E-state index in [2.05, 4.69) is 29.0 Å². The number of thiazole rings is 1. The van der Waals surface area contributed by atoms with Gasteiger partial charge in [0.2, 0.25) is 0 Å². The molecule has 2 aromatic rings. The van der Waals surface area contributed by atoms with Crippen LogP contribution in [0.4, 0.5) is 10.1 Å². The third-order valence-corrected chi connectivity index (χ3v) is 5.47. The van der Waals surface area contributed by atoms with Crippen LogP contribution in [0.25, 0.3) is 0 Å². The Hall–Kier alpha value is -1.46. The van der Waals surface area contributed by atoms with E-state index in [4.69, 9.17) is 0 Å². The molecule has 0 spiro atoms. The van der Waals surface area contributed by atoms with Crippen LogP contribution in [-0.4, -0.2) is 24.1 Å². The van der Waals surface area contributed by atoms with E-state index in [9.17, 15) is 4.39 Å². The summed E-state index contributed by atoms with van der Waals surface area (Å²) >= 11 is 1.81. The summed E-state index contributed by atoms with van der Waals surface area (Å²) in [5.41, 5.74) is 2.26. The van der Waals surface area contributed by atoms with Gasteiger partial charge in [0.25, 0.3) is 0 Å². The van der Waals surface area contributed by atoms with Gasteiger partial charge in [0.15, 0.2) is 0 Å². The molecule has 1 aromatic carbocycles. The molecule has 118 valence electrons. The minimum atomic E-state index is -0.176. The number of anilines is 1. The van der Waals surface area contributed by atoms with Gasteiger partial charge in [-0.2, -0.15) is 0 Å². The molecule has 0 radical (unpaired) electrons. The Morgan fingerprint density at radius 1 is 1.36 bits per heavy atom. The standard InChI is InChI=1S/C17H22FN3S/c1-3-17-20-12(2)16(22-17)10-19-14-8-9-21(11-14)15-6-4-13(18)5-7-15/h4-7,14,19H,3,8-11H2,1-2H3. The predicted molar refractivity (Wildman–Crippen MR) is 90.1 cm³/mol. The molecule has 0 amide bonds. The first kappa shape index (κ1) is 15.4. The summed E-state index contributed by atoms with van der Waals surface area (Å²) in [7, 11) is 0. The molecule has 1 aliphatic heterocycles. The molecule has 0 bridgehead atoms. The summed E-state index contributed by atoms with van der Waals surface area (Å²) in [5, 5.41) is 4.86. The molecule has 2 heterocycles. The van der Waals surface area contributed by atoms with Gasteiger partial charge < -0.3 is 10.2 Å². The molecule has 1 N–H and O–H groups in total. The highest BCUT2D eigenvalue weighted by molar-refractivity contribution is 7.11. The fraction of sp³-hybridized carbons (Fsp3) is 0.471. The normalized spacial score (nSPS) is 18.1. The maximum Gasteiger partial charge on any atom is 0.123 e. The van der Waals surface area contributed by atoms with Gasteiger partial charge in [0.1, 0.15) is 5.82 Å². The number of hydrogen-bond donors (Lipinski definition) is 1. The molecular weight excluding hydrogens is 297 g/mol. The second-order valence-electron chi connectivity index (χ2n) is 5.76. The number of aromatic nitrogens is 1. The molecule has 0 saturated carbocycles. The zero-order valence-electron chi connectivity index (χ0n) is 13.1. The minimum absolute atomic E-state index is 0.176. The Balaban J connectivity index is 1.54. The molecule has 1 unspecified atom stereocenters. The highest BCUT2D eigenvalue weighted by Gasteiger charge is 2.22. The number of rotatable bonds is 5. The van der Waals surface area contributed by atoms with Crippen LogP contribution >= 0.6 is 11.3 Å². The van der Waals surface area contributed by atoms with Gasteiger partial charge in [-0.3, -0.25) is 0 Å². The van der Waals surface area contributed by atoms with E-state index >= 15 is 0 Å². The molecule has 1 fully saturated rings. The SMILES string of the molecule is CCc1nc(C)c(CNC2CCN(c3ccc(F)cc3)C2)s1. The maximum atomic E-state index is 13.0. The Labute approximate surface area is 135 Å². The van der Waals surface area contributed by atoms with Crippen LogP contribution < -0.4 is 10.2 Å². The number of halogens is 1. The quantitative estimate of drug-likeness (QED) is 0.914. The van der Waals surface area contributed by atoms with Gasteiger partial charge >= 0.3 is 0 Å². The minimum Gasteiger partial charge on any atom is -0.370 e. The van der Waals surface area contributed by atoms with Crippen LogP contribution in [0, 0.1) is 12.7 Å². The highest BCUT2D eigenvalue weighted by Crippen LogP contribution is 2.22. The lowest BCUT2D eigenvalue weighted by Gasteiger charge is -2.19. The van der Waals surface area contributed by atoms with Crippen molar-refractivity contribution in [2.45, 2.75) is 39.3 Å². The molecule has 22 heavy (non-hydrogen) atoms. The third kappa shape index (κ3) is 3.47. The van der Waals surface area contributed by atoms with Gasteiger partial charge in [-0.25, -0.2) is 9.37 Å². The molecule has 1 aromatic heterocycles. The number of nitrogens with one attached hydrogen (secondary N) is 1. The predicted octanol–water partition coefficient (Wildman–Crippen LogP) is 3.52. The van der Waals surface area contributed by atoms with E-state index < -0.39 is 0 Å². The van der Waals surface area contributed by atoms with Crippen molar-refractivity contribution >= 4 is 17.0 Å². The molecule has 5 heteroatoms. The summed E-state index contributed by atoms with van der Waals surface area (Å²) < 4.78 is 13.0. The summed E-state index contributed by atoms with van der Waals surface area (Å²) in [4.78, 5) is 8.24. The van der Waals surface area contributed by atoms with Gasteiger partial charge in [-0.1, -0.05) is 6.92 Å². The van der Waals surface area contributed by atoms with E-state index in [-0.39, 0.29) is 5.82 Å². The van der Waals surface area contributed by atoms with Crippen molar-refractivity contribution in [2.24, 2.45) is 0 Å². The maximum absolute atomic E-state index is 13.0. The first-order chi connectivity index (χ1) is 10.7. The van der Waals surface area contributed by atoms with Crippen molar-refractivity contribution in [2.75, 3.05) is 18.0 Å². The molecule has 1 atom stereocenters. The van der Waals surface area contributed by atoms with Gasteiger partial charge in [-0.05, 0) is 44.0 Å². The Morgan fingerprint density at radius 2 is 2.14 bits per heavy atom. The number of hydrogen-bond acceptors (Lipinski definition) is 4. The molecule has 1 aliphatic rings. The van der Waals surface area contributed by atoms with E-state index in [0.717, 1.165) is 43.9 Å². The summed E-state index contributed by atoms with van der Waals surface area (Å²) in [6.07, 6.45) is 2.13. The summed E-state index contributed by atoms with van der Waals surface area (Å²) in [6.45, 7) is 7.12. The van der Waals surface area contributed by atoms with Crippen molar-refractivity contribution in [1.82, 2.24) is 10.3 Å². The van der Waals surface area contributed by atoms with Crippen molar-refractivity contribution in [3.8, 4) is 0 Å². The van der Waals surface area contributed by atoms with Gasteiger partial charge in [0.05, 0.1) is 10.7 Å². The molecule has 0 aliphatic carbocycles. The molecule has 3 nitrogen and oxygen atoms in total. The molecule has 1 saturated heterocycles. The van der Waals surface area contributed by atoms with Crippen molar-refractivity contribution < 1.29 is 4.39 Å². The third-order valence-electron chi connectivity index (χ3n) is 4.17. The Bertz CT molecular complexity index is 623. The van der Waals surface area contributed by atoms with Gasteiger partial charge in [0, 0.05) is 36.2 Å². The number of aryl methyl sites for hydroxylation is 2. The van der Waals surface area contributed by atoms with Crippen LogP contribution in [-0.2, 0) is 13.0 Å². The monoisotopic (exact) mass is 319 g/mol. The van der Waals surface area contributed by atoms with Crippen molar-refractivity contribution in [3.63, 3.8) is 0 Å². The first-order valence-corrected chi connectivity index (χ1v) is 8.66. The van der Waals surface area contributed by atoms with Crippen molar-refractivity contribution in [3.05, 3.63) is 45.7 Å². The van der Waals surface area contributed by atoms with E-state index in [1.165, 1.54) is 22.0 Å². The number of nitrogens with zero attached hydrogens (tertiary/aromatic N) is 2. The van der Waals surface area contributed by atoms with Crippen LogP contribution in [0.1, 0.15) is 28.9 Å². The largest absolute Gasteiger partial charge is 0.370 e. The summed E-state index contributed by atoms with van der Waals surface area (Å²) in [5.74, 6) is -0.176. The fourth-order valence-corrected chi connectivity index (χ4v) is 3.81. The van der Waals surface area contributed by atoms with Crippen LogP contribution in [0.15, 0.2) is 24.3 Å². The zero-order valence-corrected chi connectivity index (χ0v) is 13.9. The lowest BCUT2D eigenvalue weighted by Crippen LogP contribution is -2.32. The second kappa shape index (κ2) is 6.75. The van der Waals surface area contributed by atoms with Crippen LogP contribution in [0.2, 0.25) is 0 Å². The first-order valence-electron chi connectivity index (χ1n) is 7.84. The number of benzene rings is 1. The Morgan fingerprint density at radius 3 is 2.82 bits per heavy atom. The lowest BCUT2D eigenvalue weighted by atomic mass is 10.2. The fourth-order valence-electron chi connectivity index (χ4n) is 2.85. The average Bonchev–Trinajstić information content (AvgIpc) is 3.12. The highest BCUT2D eigenvalue weighted by atomic mass is 32.1. The van der Waals surface area contributed by atoms with Gasteiger partial charge in [-0.15, -0.1) is 11.3 Å². The average molecular weight is 319 g/mol. The summed E-state index contributed by atoms with van der Waals surface area (Å²) in [6, 6.07) is 7.26. The smallest absolute Gasteiger partial charge is 0.123 e. The van der Waals surface area contributed by atoms with E-state index in [1.54, 1.807) is 0 Å². The topological polar surface area (TPSA) is 28.2 Å². The Kier molecular flexibility index (Phi) is 4.74. The van der Waals surface area contributed by atoms with E-state index in [0.29, 0.717) is 6.04 Å². The van der Waals surface area contributed by atoms with E-state index in [1.807, 2.05) is 23.5 Å². The van der Waals surface area contributed by atoms with Crippen LogP contribution in [0.5, 0.6) is 0 Å². The molecular formula is C17H22FN3S. The molecule has 3 rings (SSSR count). The zero-order chi connectivity index (χ0) is 15.5. The van der Waals surface area contributed by atoms with Crippen molar-refractivity contribution in [1.29, 1.82) is 0 Å². The van der Waals surface area contributed by atoms with Crippen LogP contribution in [0.3, 0.4) is 0 Å². The second-order valence-corrected chi connectivity index (χ2v) is 6.93.